The van der Waals surface area contributed by atoms with Crippen LogP contribution in [0.1, 0.15) is 19.4 Å². The number of hydrogen-bond donors (Lipinski definition) is 0. The van der Waals surface area contributed by atoms with Crippen LogP contribution in [0.15, 0.2) is 12.1 Å². The molecule has 6 heteroatoms. The standard InChI is InChI=1S/C14H20ClN3O2/c1-10(2)16-4-6-17(7-5-16)14-12(15)8-11(3)9-13(14)18(19)20/h8-10H,4-7H2,1-3H3. The van der Waals surface area contributed by atoms with Crippen LogP contribution in [-0.4, -0.2) is 42.0 Å². The van der Waals surface area contributed by atoms with Crippen molar-refractivity contribution in [3.63, 3.8) is 0 Å². The zero-order chi connectivity index (χ0) is 14.9. The molecule has 0 bridgehead atoms. The SMILES string of the molecule is Cc1cc(Cl)c(N2CCN(C(C)C)CC2)c([N+](=O)[O-])c1. The summed E-state index contributed by atoms with van der Waals surface area (Å²) < 4.78 is 0. The third-order valence-electron chi connectivity index (χ3n) is 3.75. The molecule has 1 aliphatic rings. The van der Waals surface area contributed by atoms with Gasteiger partial charge >= 0.3 is 0 Å². The minimum atomic E-state index is -0.344. The summed E-state index contributed by atoms with van der Waals surface area (Å²) in [4.78, 5) is 15.3. The number of benzene rings is 1. The van der Waals surface area contributed by atoms with Gasteiger partial charge in [-0.1, -0.05) is 11.6 Å². The molecule has 110 valence electrons. The van der Waals surface area contributed by atoms with Gasteiger partial charge in [-0.2, -0.15) is 0 Å². The molecule has 0 unspecified atom stereocenters. The first-order chi connectivity index (χ1) is 9.40. The number of nitro benzene ring substituents is 1. The third kappa shape index (κ3) is 3.04. The van der Waals surface area contributed by atoms with E-state index in [4.69, 9.17) is 11.6 Å². The van der Waals surface area contributed by atoms with E-state index in [0.717, 1.165) is 31.7 Å². The second kappa shape index (κ2) is 5.97. The summed E-state index contributed by atoms with van der Waals surface area (Å²) in [5, 5.41) is 11.7. The van der Waals surface area contributed by atoms with Gasteiger partial charge in [0.15, 0.2) is 0 Å². The number of rotatable bonds is 3. The zero-order valence-electron chi connectivity index (χ0n) is 12.1. The average Bonchev–Trinajstić information content (AvgIpc) is 2.37. The Morgan fingerprint density at radius 2 is 1.85 bits per heavy atom. The summed E-state index contributed by atoms with van der Waals surface area (Å²) in [7, 11) is 0. The fraction of sp³-hybridized carbons (Fsp3) is 0.571. The van der Waals surface area contributed by atoms with E-state index in [-0.39, 0.29) is 10.6 Å². The van der Waals surface area contributed by atoms with E-state index >= 15 is 0 Å². The Morgan fingerprint density at radius 3 is 2.35 bits per heavy atom. The molecule has 0 spiro atoms. The molecular weight excluding hydrogens is 278 g/mol. The van der Waals surface area contributed by atoms with Gasteiger partial charge < -0.3 is 4.90 Å². The molecule has 20 heavy (non-hydrogen) atoms. The molecule has 0 aromatic heterocycles. The Morgan fingerprint density at radius 1 is 1.25 bits per heavy atom. The number of anilines is 1. The van der Waals surface area contributed by atoms with E-state index in [1.54, 1.807) is 12.1 Å². The molecule has 0 amide bonds. The first kappa shape index (κ1) is 15.1. The van der Waals surface area contributed by atoms with E-state index in [0.29, 0.717) is 16.8 Å². The largest absolute Gasteiger partial charge is 0.362 e. The molecule has 0 atom stereocenters. The highest BCUT2D eigenvalue weighted by molar-refractivity contribution is 6.34. The van der Waals surface area contributed by atoms with E-state index in [1.807, 2.05) is 11.8 Å². The molecule has 1 saturated heterocycles. The van der Waals surface area contributed by atoms with Gasteiger partial charge in [0.2, 0.25) is 0 Å². The van der Waals surface area contributed by atoms with E-state index < -0.39 is 0 Å². The van der Waals surface area contributed by atoms with Gasteiger partial charge in [-0.05, 0) is 32.4 Å². The van der Waals surface area contributed by atoms with Crippen LogP contribution in [-0.2, 0) is 0 Å². The Bertz CT molecular complexity index is 511. The van der Waals surface area contributed by atoms with Gasteiger partial charge in [-0.15, -0.1) is 0 Å². The average molecular weight is 298 g/mol. The lowest BCUT2D eigenvalue weighted by Crippen LogP contribution is -2.49. The van der Waals surface area contributed by atoms with Crippen molar-refractivity contribution in [2.24, 2.45) is 0 Å². The zero-order valence-corrected chi connectivity index (χ0v) is 12.9. The van der Waals surface area contributed by atoms with Crippen molar-refractivity contribution in [3.05, 3.63) is 32.8 Å². The van der Waals surface area contributed by atoms with E-state index in [1.165, 1.54) is 0 Å². The normalized spacial score (nSPS) is 16.8. The van der Waals surface area contributed by atoms with Crippen LogP contribution in [0.5, 0.6) is 0 Å². The van der Waals surface area contributed by atoms with Crippen LogP contribution in [0.25, 0.3) is 0 Å². The van der Waals surface area contributed by atoms with Crippen LogP contribution < -0.4 is 4.90 Å². The van der Waals surface area contributed by atoms with Crippen molar-refractivity contribution in [2.75, 3.05) is 31.1 Å². The third-order valence-corrected chi connectivity index (χ3v) is 4.03. The topological polar surface area (TPSA) is 49.6 Å². The van der Waals surface area contributed by atoms with Crippen LogP contribution >= 0.6 is 11.6 Å². The second-order valence-corrected chi connectivity index (χ2v) is 5.90. The van der Waals surface area contributed by atoms with Gasteiger partial charge in [0.05, 0.1) is 9.95 Å². The minimum absolute atomic E-state index is 0.105. The van der Waals surface area contributed by atoms with Gasteiger partial charge in [0, 0.05) is 38.3 Å². The lowest BCUT2D eigenvalue weighted by molar-refractivity contribution is -0.384. The second-order valence-electron chi connectivity index (χ2n) is 5.49. The molecule has 2 rings (SSSR count). The predicted molar refractivity (Wildman–Crippen MR) is 81.8 cm³/mol. The molecule has 1 fully saturated rings. The number of hydrogen-bond acceptors (Lipinski definition) is 4. The Hall–Kier alpha value is -1.33. The number of nitro groups is 1. The molecule has 0 aliphatic carbocycles. The van der Waals surface area contributed by atoms with E-state index in [2.05, 4.69) is 18.7 Å². The van der Waals surface area contributed by atoms with Gasteiger partial charge in [0.25, 0.3) is 5.69 Å². The van der Waals surface area contributed by atoms with Crippen molar-refractivity contribution in [1.29, 1.82) is 0 Å². The first-order valence-electron chi connectivity index (χ1n) is 6.83. The maximum Gasteiger partial charge on any atom is 0.294 e. The molecule has 5 nitrogen and oxygen atoms in total. The van der Waals surface area contributed by atoms with Crippen LogP contribution in [0.4, 0.5) is 11.4 Å². The quantitative estimate of drug-likeness (QED) is 0.635. The first-order valence-corrected chi connectivity index (χ1v) is 7.21. The summed E-state index contributed by atoms with van der Waals surface area (Å²) in [5.74, 6) is 0. The molecular formula is C14H20ClN3O2. The van der Waals surface area contributed by atoms with Crippen molar-refractivity contribution >= 4 is 23.0 Å². The summed E-state index contributed by atoms with van der Waals surface area (Å²) in [5.41, 5.74) is 1.48. The molecule has 1 heterocycles. The maximum absolute atomic E-state index is 11.3. The fourth-order valence-electron chi connectivity index (χ4n) is 2.63. The monoisotopic (exact) mass is 297 g/mol. The lowest BCUT2D eigenvalue weighted by Gasteiger charge is -2.38. The fourth-order valence-corrected chi connectivity index (χ4v) is 3.02. The number of piperazine rings is 1. The van der Waals surface area contributed by atoms with Crippen molar-refractivity contribution < 1.29 is 4.92 Å². The highest BCUT2D eigenvalue weighted by Gasteiger charge is 2.27. The maximum atomic E-state index is 11.3. The van der Waals surface area contributed by atoms with Gasteiger partial charge in [-0.3, -0.25) is 15.0 Å². The summed E-state index contributed by atoms with van der Waals surface area (Å²) in [6.07, 6.45) is 0. The molecule has 1 aromatic rings. The van der Waals surface area contributed by atoms with Crippen molar-refractivity contribution in [2.45, 2.75) is 26.8 Å². The lowest BCUT2D eigenvalue weighted by atomic mass is 10.1. The molecule has 0 N–H and O–H groups in total. The number of halogens is 1. The summed E-state index contributed by atoms with van der Waals surface area (Å²) >= 11 is 6.25. The Balaban J connectivity index is 2.28. The minimum Gasteiger partial charge on any atom is -0.362 e. The molecule has 1 aliphatic heterocycles. The Labute approximate surface area is 124 Å². The number of nitrogens with zero attached hydrogens (tertiary/aromatic N) is 3. The Kier molecular flexibility index (Phi) is 4.50. The van der Waals surface area contributed by atoms with Crippen molar-refractivity contribution in [3.8, 4) is 0 Å². The van der Waals surface area contributed by atoms with Crippen LogP contribution in [0.2, 0.25) is 5.02 Å². The summed E-state index contributed by atoms with van der Waals surface area (Å²) in [6, 6.07) is 3.88. The van der Waals surface area contributed by atoms with Crippen LogP contribution in [0.3, 0.4) is 0 Å². The highest BCUT2D eigenvalue weighted by atomic mass is 35.5. The molecule has 0 saturated carbocycles. The summed E-state index contributed by atoms with van der Waals surface area (Å²) in [6.45, 7) is 9.48. The van der Waals surface area contributed by atoms with Gasteiger partial charge in [0.1, 0.15) is 5.69 Å². The molecule has 1 aromatic carbocycles. The van der Waals surface area contributed by atoms with Gasteiger partial charge in [-0.25, -0.2) is 0 Å². The highest BCUT2D eigenvalue weighted by Crippen LogP contribution is 2.37. The predicted octanol–water partition coefficient (Wildman–Crippen LogP) is 3.09. The van der Waals surface area contributed by atoms with E-state index in [9.17, 15) is 10.1 Å². The van der Waals surface area contributed by atoms with Crippen molar-refractivity contribution in [1.82, 2.24) is 4.90 Å². The van der Waals surface area contributed by atoms with Crippen LogP contribution in [0, 0.1) is 17.0 Å². The smallest absolute Gasteiger partial charge is 0.294 e. The number of aryl methyl sites for hydroxylation is 1. The molecule has 0 radical (unpaired) electrons.